The Hall–Kier alpha value is -0.810. The van der Waals surface area contributed by atoms with Gasteiger partial charge in [0.05, 0.1) is 6.10 Å². The molecule has 0 radical (unpaired) electrons. The van der Waals surface area contributed by atoms with Gasteiger partial charge in [-0.1, -0.05) is 0 Å². The number of rotatable bonds is 2. The van der Waals surface area contributed by atoms with E-state index in [0.29, 0.717) is 32.5 Å². The lowest BCUT2D eigenvalue weighted by Gasteiger charge is -2.33. The monoisotopic (exact) mass is 215 g/mol. The zero-order valence-electron chi connectivity index (χ0n) is 9.49. The van der Waals surface area contributed by atoms with E-state index < -0.39 is 0 Å². The molecule has 0 atom stereocenters. The lowest BCUT2D eigenvalue weighted by molar-refractivity contribution is 0.0917. The molecule has 1 fully saturated rings. The van der Waals surface area contributed by atoms with Crippen molar-refractivity contribution in [3.8, 4) is 0 Å². The lowest BCUT2D eigenvalue weighted by atomic mass is 10.1. The fourth-order valence-electron chi connectivity index (χ4n) is 1.49. The predicted octanol–water partition coefficient (Wildman–Crippen LogP) is -0.110. The fourth-order valence-corrected chi connectivity index (χ4v) is 1.49. The molecule has 0 aromatic heterocycles. The molecule has 5 heteroatoms. The smallest absolute Gasteiger partial charge is 0.317 e. The van der Waals surface area contributed by atoms with Crippen molar-refractivity contribution in [1.29, 1.82) is 0 Å². The fraction of sp³-hybridized carbons (Fsp3) is 0.900. The summed E-state index contributed by atoms with van der Waals surface area (Å²) in [4.78, 5) is 13.5. The number of nitrogens with two attached hydrogens (primary N) is 1. The molecule has 1 saturated heterocycles. The Morgan fingerprint density at radius 2 is 2.07 bits per heavy atom. The normalized spacial score (nSPS) is 19.1. The highest BCUT2D eigenvalue weighted by atomic mass is 16.3. The van der Waals surface area contributed by atoms with E-state index in [1.165, 1.54) is 0 Å². The summed E-state index contributed by atoms with van der Waals surface area (Å²) >= 11 is 0. The Labute approximate surface area is 90.6 Å². The van der Waals surface area contributed by atoms with Crippen molar-refractivity contribution in [2.75, 3.05) is 19.6 Å². The maximum Gasteiger partial charge on any atom is 0.317 e. The van der Waals surface area contributed by atoms with E-state index in [1.54, 1.807) is 4.90 Å². The number of carbonyl (C=O) groups excluding carboxylic acids is 1. The summed E-state index contributed by atoms with van der Waals surface area (Å²) in [7, 11) is 0. The summed E-state index contributed by atoms with van der Waals surface area (Å²) < 4.78 is 0. The quantitative estimate of drug-likeness (QED) is 0.601. The van der Waals surface area contributed by atoms with Crippen LogP contribution in [0.1, 0.15) is 26.7 Å². The van der Waals surface area contributed by atoms with Gasteiger partial charge in [0.15, 0.2) is 0 Å². The molecule has 15 heavy (non-hydrogen) atoms. The number of hydrogen-bond acceptors (Lipinski definition) is 3. The van der Waals surface area contributed by atoms with E-state index in [9.17, 15) is 9.90 Å². The largest absolute Gasteiger partial charge is 0.393 e. The third-order valence-electron chi connectivity index (χ3n) is 2.71. The molecule has 88 valence electrons. The highest BCUT2D eigenvalue weighted by Crippen LogP contribution is 2.11. The summed E-state index contributed by atoms with van der Waals surface area (Å²) in [5.74, 6) is 0. The third-order valence-corrected chi connectivity index (χ3v) is 2.71. The molecule has 0 saturated carbocycles. The van der Waals surface area contributed by atoms with Crippen molar-refractivity contribution in [3.05, 3.63) is 0 Å². The summed E-state index contributed by atoms with van der Waals surface area (Å²) in [6.45, 7) is 5.43. The van der Waals surface area contributed by atoms with Crippen LogP contribution >= 0.6 is 0 Å². The number of aliphatic hydroxyl groups is 1. The van der Waals surface area contributed by atoms with Crippen LogP contribution in [0, 0.1) is 0 Å². The van der Waals surface area contributed by atoms with Crippen LogP contribution in [0.15, 0.2) is 0 Å². The Bertz CT molecular complexity index is 223. The van der Waals surface area contributed by atoms with E-state index in [1.807, 2.05) is 13.8 Å². The van der Waals surface area contributed by atoms with E-state index in [-0.39, 0.29) is 17.7 Å². The minimum Gasteiger partial charge on any atom is -0.393 e. The Balaban J connectivity index is 2.41. The van der Waals surface area contributed by atoms with Crippen LogP contribution in [-0.2, 0) is 0 Å². The van der Waals surface area contributed by atoms with Crippen molar-refractivity contribution in [2.45, 2.75) is 38.3 Å². The van der Waals surface area contributed by atoms with Crippen LogP contribution in [0.5, 0.6) is 0 Å². The summed E-state index contributed by atoms with van der Waals surface area (Å²) in [6.07, 6.45) is 1.07. The average molecular weight is 215 g/mol. The molecule has 0 aromatic carbocycles. The maximum absolute atomic E-state index is 11.8. The minimum atomic E-state index is -0.368. The van der Waals surface area contributed by atoms with Crippen molar-refractivity contribution in [3.63, 3.8) is 0 Å². The standard InChI is InChI=1S/C10H21N3O2/c1-10(2,7-11)12-9(15)13-5-3-8(14)4-6-13/h8,14H,3-7,11H2,1-2H3,(H,12,15). The van der Waals surface area contributed by atoms with Gasteiger partial charge in [-0.3, -0.25) is 0 Å². The van der Waals surface area contributed by atoms with Crippen LogP contribution in [0.3, 0.4) is 0 Å². The zero-order chi connectivity index (χ0) is 11.5. The third kappa shape index (κ3) is 3.68. The van der Waals surface area contributed by atoms with Gasteiger partial charge in [0, 0.05) is 25.2 Å². The van der Waals surface area contributed by atoms with Crippen LogP contribution in [0.4, 0.5) is 4.79 Å². The number of nitrogens with zero attached hydrogens (tertiary/aromatic N) is 1. The number of nitrogens with one attached hydrogen (secondary N) is 1. The van der Waals surface area contributed by atoms with E-state index in [0.717, 1.165) is 0 Å². The van der Waals surface area contributed by atoms with Crippen LogP contribution in [0.2, 0.25) is 0 Å². The molecule has 1 aliphatic rings. The molecule has 0 unspecified atom stereocenters. The molecule has 1 heterocycles. The first-order chi connectivity index (χ1) is 6.94. The van der Waals surface area contributed by atoms with Gasteiger partial charge < -0.3 is 21.1 Å². The second kappa shape index (κ2) is 4.81. The summed E-state index contributed by atoms with van der Waals surface area (Å²) in [5, 5.41) is 12.2. The predicted molar refractivity (Wildman–Crippen MR) is 58.5 cm³/mol. The molecular weight excluding hydrogens is 194 g/mol. The first kappa shape index (κ1) is 12.3. The summed E-state index contributed by atoms with van der Waals surface area (Å²) in [6, 6.07) is -0.0858. The van der Waals surface area contributed by atoms with Crippen molar-refractivity contribution in [1.82, 2.24) is 10.2 Å². The molecule has 4 N–H and O–H groups in total. The minimum absolute atomic E-state index is 0.0858. The van der Waals surface area contributed by atoms with Gasteiger partial charge in [0.25, 0.3) is 0 Å². The average Bonchev–Trinajstić information content (AvgIpc) is 2.18. The number of amides is 2. The van der Waals surface area contributed by atoms with Crippen LogP contribution < -0.4 is 11.1 Å². The Kier molecular flexibility index (Phi) is 3.93. The number of urea groups is 1. The first-order valence-electron chi connectivity index (χ1n) is 5.40. The number of aliphatic hydroxyl groups excluding tert-OH is 1. The molecular formula is C10H21N3O2. The number of piperidine rings is 1. The van der Waals surface area contributed by atoms with Gasteiger partial charge >= 0.3 is 6.03 Å². The van der Waals surface area contributed by atoms with Gasteiger partial charge in [0.2, 0.25) is 0 Å². The highest BCUT2D eigenvalue weighted by Gasteiger charge is 2.25. The molecule has 5 nitrogen and oxygen atoms in total. The topological polar surface area (TPSA) is 78.6 Å². The Morgan fingerprint density at radius 3 is 2.53 bits per heavy atom. The van der Waals surface area contributed by atoms with E-state index in [2.05, 4.69) is 5.32 Å². The second-order valence-corrected chi connectivity index (χ2v) is 4.74. The van der Waals surface area contributed by atoms with Gasteiger partial charge in [-0.15, -0.1) is 0 Å². The molecule has 0 bridgehead atoms. The van der Waals surface area contributed by atoms with Gasteiger partial charge in [-0.2, -0.15) is 0 Å². The number of carbonyl (C=O) groups is 1. The maximum atomic E-state index is 11.8. The summed E-state index contributed by atoms with van der Waals surface area (Å²) in [5.41, 5.74) is 5.17. The van der Waals surface area contributed by atoms with Gasteiger partial charge in [-0.25, -0.2) is 4.79 Å². The van der Waals surface area contributed by atoms with Crippen LogP contribution in [-0.4, -0.2) is 47.3 Å². The molecule has 0 aromatic rings. The van der Waals surface area contributed by atoms with Crippen LogP contribution in [0.25, 0.3) is 0 Å². The van der Waals surface area contributed by atoms with Crippen molar-refractivity contribution in [2.24, 2.45) is 5.73 Å². The van der Waals surface area contributed by atoms with E-state index >= 15 is 0 Å². The highest BCUT2D eigenvalue weighted by molar-refractivity contribution is 5.75. The molecule has 2 amide bonds. The SMILES string of the molecule is CC(C)(CN)NC(=O)N1CCC(O)CC1. The lowest BCUT2D eigenvalue weighted by Crippen LogP contribution is -2.55. The van der Waals surface area contributed by atoms with Gasteiger partial charge in [-0.05, 0) is 26.7 Å². The number of likely N-dealkylation sites (tertiary alicyclic amines) is 1. The second-order valence-electron chi connectivity index (χ2n) is 4.74. The van der Waals surface area contributed by atoms with Crippen molar-refractivity contribution >= 4 is 6.03 Å². The number of hydrogen-bond donors (Lipinski definition) is 3. The molecule has 1 rings (SSSR count). The molecule has 0 spiro atoms. The Morgan fingerprint density at radius 1 is 1.53 bits per heavy atom. The van der Waals surface area contributed by atoms with Gasteiger partial charge in [0.1, 0.15) is 0 Å². The van der Waals surface area contributed by atoms with Crippen molar-refractivity contribution < 1.29 is 9.90 Å². The first-order valence-corrected chi connectivity index (χ1v) is 5.40. The van der Waals surface area contributed by atoms with E-state index in [4.69, 9.17) is 5.73 Å². The zero-order valence-corrected chi connectivity index (χ0v) is 9.49. The molecule has 1 aliphatic heterocycles. The molecule has 0 aliphatic carbocycles.